The number of anilines is 1. The molecule has 2 aromatic heterocycles. The number of benzene rings is 3. The molecule has 6 rings (SSSR count). The molecule has 0 aliphatic carbocycles. The summed E-state index contributed by atoms with van der Waals surface area (Å²) in [7, 11) is -3.70. The Kier molecular flexibility index (Phi) is 6.58. The van der Waals surface area contributed by atoms with Crippen molar-refractivity contribution in [2.45, 2.75) is 38.3 Å². The van der Waals surface area contributed by atoms with Crippen molar-refractivity contribution < 1.29 is 17.6 Å². The molecule has 0 atom stereocenters. The van der Waals surface area contributed by atoms with Crippen LogP contribution >= 0.6 is 11.3 Å². The van der Waals surface area contributed by atoms with Crippen LogP contribution in [0.15, 0.2) is 88.4 Å². The fourth-order valence-electron chi connectivity index (χ4n) is 4.90. The molecule has 0 spiro atoms. The molecule has 0 fully saturated rings. The van der Waals surface area contributed by atoms with Gasteiger partial charge in [0.15, 0.2) is 5.13 Å². The van der Waals surface area contributed by atoms with Crippen LogP contribution in [0.25, 0.3) is 10.2 Å². The zero-order valence-corrected chi connectivity index (χ0v) is 23.3. The molecule has 1 aliphatic rings. The van der Waals surface area contributed by atoms with Crippen molar-refractivity contribution in [3.63, 3.8) is 0 Å². The quantitative estimate of drug-likeness (QED) is 0.252. The van der Waals surface area contributed by atoms with Gasteiger partial charge in [0.25, 0.3) is 5.91 Å². The number of thiazole rings is 1. The van der Waals surface area contributed by atoms with Crippen molar-refractivity contribution in [2.24, 2.45) is 0 Å². The first-order valence-electron chi connectivity index (χ1n) is 12.7. The second-order valence-electron chi connectivity index (χ2n) is 9.73. The van der Waals surface area contributed by atoms with Crippen LogP contribution in [0.1, 0.15) is 38.4 Å². The van der Waals surface area contributed by atoms with Gasteiger partial charge in [-0.2, -0.15) is 4.31 Å². The SMILES string of the molecule is Cc1ccc(C)c2sc(N(Cc3ccco3)C(=O)c3ccc(S(=O)(=O)N4CCc5ccccc5C4)cc3)nc12. The van der Waals surface area contributed by atoms with E-state index in [2.05, 4.69) is 6.07 Å². The van der Waals surface area contributed by atoms with Gasteiger partial charge in [0.05, 0.1) is 27.9 Å². The number of hydrogen-bond donors (Lipinski definition) is 0. The zero-order valence-electron chi connectivity index (χ0n) is 21.6. The second-order valence-corrected chi connectivity index (χ2v) is 12.6. The van der Waals surface area contributed by atoms with Gasteiger partial charge in [0, 0.05) is 18.7 Å². The first-order chi connectivity index (χ1) is 18.8. The van der Waals surface area contributed by atoms with Gasteiger partial charge in [-0.15, -0.1) is 0 Å². The van der Waals surface area contributed by atoms with E-state index in [9.17, 15) is 13.2 Å². The molecule has 0 bridgehead atoms. The predicted octanol–water partition coefficient (Wildman–Crippen LogP) is 6.10. The highest BCUT2D eigenvalue weighted by Gasteiger charge is 2.29. The highest BCUT2D eigenvalue weighted by molar-refractivity contribution is 7.89. The second kappa shape index (κ2) is 10.1. The summed E-state index contributed by atoms with van der Waals surface area (Å²) in [6.45, 7) is 5.00. The molecule has 198 valence electrons. The summed E-state index contributed by atoms with van der Waals surface area (Å²) in [5.74, 6) is 0.345. The molecule has 7 nitrogen and oxygen atoms in total. The maximum atomic E-state index is 13.8. The molecular formula is C30H27N3O4S2. The molecular weight excluding hydrogens is 530 g/mol. The van der Waals surface area contributed by atoms with E-state index in [1.807, 2.05) is 50.2 Å². The lowest BCUT2D eigenvalue weighted by molar-refractivity contribution is 0.0983. The summed E-state index contributed by atoms with van der Waals surface area (Å²) in [5, 5.41) is 0.562. The van der Waals surface area contributed by atoms with E-state index < -0.39 is 10.0 Å². The van der Waals surface area contributed by atoms with E-state index in [0.717, 1.165) is 26.9 Å². The number of nitrogens with zero attached hydrogens (tertiary/aromatic N) is 3. The average molecular weight is 558 g/mol. The maximum absolute atomic E-state index is 13.8. The molecule has 0 unspecified atom stereocenters. The fraction of sp³-hybridized carbons (Fsp3) is 0.200. The van der Waals surface area contributed by atoms with Crippen LogP contribution < -0.4 is 4.90 Å². The lowest BCUT2D eigenvalue weighted by atomic mass is 10.0. The van der Waals surface area contributed by atoms with Gasteiger partial charge in [-0.05, 0) is 78.9 Å². The van der Waals surface area contributed by atoms with Crippen LogP contribution in [-0.4, -0.2) is 30.2 Å². The average Bonchev–Trinajstić information content (AvgIpc) is 3.64. The minimum Gasteiger partial charge on any atom is -0.467 e. The monoisotopic (exact) mass is 557 g/mol. The van der Waals surface area contributed by atoms with Crippen LogP contribution in [0.2, 0.25) is 0 Å². The molecule has 9 heteroatoms. The van der Waals surface area contributed by atoms with E-state index in [0.29, 0.717) is 36.0 Å². The number of fused-ring (bicyclic) bond motifs is 2. The Hall–Kier alpha value is -3.79. The first kappa shape index (κ1) is 25.5. The van der Waals surface area contributed by atoms with E-state index in [-0.39, 0.29) is 17.3 Å². The fourth-order valence-corrected chi connectivity index (χ4v) is 7.43. The highest BCUT2D eigenvalue weighted by atomic mass is 32.2. The number of aromatic nitrogens is 1. The van der Waals surface area contributed by atoms with Crippen LogP contribution in [0, 0.1) is 13.8 Å². The van der Waals surface area contributed by atoms with E-state index in [1.165, 1.54) is 33.3 Å². The van der Waals surface area contributed by atoms with Gasteiger partial charge in [0.1, 0.15) is 5.76 Å². The van der Waals surface area contributed by atoms with Gasteiger partial charge < -0.3 is 4.42 Å². The van der Waals surface area contributed by atoms with Gasteiger partial charge in [-0.25, -0.2) is 13.4 Å². The Labute approximate surface area is 231 Å². The molecule has 0 saturated heterocycles. The number of aryl methyl sites for hydroxylation is 2. The molecule has 0 saturated carbocycles. The maximum Gasteiger partial charge on any atom is 0.260 e. The normalized spacial score (nSPS) is 13.9. The van der Waals surface area contributed by atoms with E-state index in [4.69, 9.17) is 9.40 Å². The molecule has 5 aromatic rings. The number of carbonyl (C=O) groups excluding carboxylic acids is 1. The minimum absolute atomic E-state index is 0.169. The van der Waals surface area contributed by atoms with Crippen molar-refractivity contribution >= 4 is 42.6 Å². The zero-order chi connectivity index (χ0) is 27.1. The third-order valence-corrected chi connectivity index (χ3v) is 10.2. The lowest BCUT2D eigenvalue weighted by Gasteiger charge is -2.28. The van der Waals surface area contributed by atoms with Gasteiger partial charge in [-0.3, -0.25) is 9.69 Å². The van der Waals surface area contributed by atoms with Gasteiger partial charge in [0.2, 0.25) is 10.0 Å². The summed E-state index contributed by atoms with van der Waals surface area (Å²) < 4.78 is 34.9. The summed E-state index contributed by atoms with van der Waals surface area (Å²) in [6.07, 6.45) is 2.25. The third kappa shape index (κ3) is 4.78. The topological polar surface area (TPSA) is 83.7 Å². The van der Waals surface area contributed by atoms with Crippen LogP contribution in [0.4, 0.5) is 5.13 Å². The van der Waals surface area contributed by atoms with Crippen LogP contribution in [0.5, 0.6) is 0 Å². The smallest absolute Gasteiger partial charge is 0.260 e. The molecule has 0 radical (unpaired) electrons. The van der Waals surface area contributed by atoms with Crippen molar-refractivity contribution in [3.05, 3.63) is 113 Å². The van der Waals surface area contributed by atoms with Gasteiger partial charge in [-0.1, -0.05) is 47.7 Å². The Morgan fingerprint density at radius 1 is 0.974 bits per heavy atom. The summed E-state index contributed by atoms with van der Waals surface area (Å²) in [6, 6.07) is 21.8. The molecule has 1 amide bonds. The van der Waals surface area contributed by atoms with Crippen LogP contribution in [-0.2, 0) is 29.5 Å². The van der Waals surface area contributed by atoms with Crippen LogP contribution in [0.3, 0.4) is 0 Å². The molecule has 0 N–H and O–H groups in total. The molecule has 39 heavy (non-hydrogen) atoms. The predicted molar refractivity (Wildman–Crippen MR) is 152 cm³/mol. The summed E-state index contributed by atoms with van der Waals surface area (Å²) >= 11 is 1.46. The number of furan rings is 1. The highest BCUT2D eigenvalue weighted by Crippen LogP contribution is 2.35. The lowest BCUT2D eigenvalue weighted by Crippen LogP contribution is -2.36. The Bertz CT molecular complexity index is 1740. The standard InChI is InChI=1S/C30H27N3O4S2/c1-20-9-10-21(2)28-27(20)31-30(38-28)33(19-25-8-5-17-37-25)29(34)23-11-13-26(14-12-23)39(35,36)32-16-15-22-6-3-4-7-24(22)18-32/h3-14,17H,15-16,18-19H2,1-2H3. The van der Waals surface area contributed by atoms with Gasteiger partial charge >= 0.3 is 0 Å². The molecule has 3 aromatic carbocycles. The first-order valence-corrected chi connectivity index (χ1v) is 14.9. The van der Waals surface area contributed by atoms with E-state index >= 15 is 0 Å². The Balaban J connectivity index is 1.30. The van der Waals surface area contributed by atoms with E-state index in [1.54, 1.807) is 29.4 Å². The number of sulfonamides is 1. The number of hydrogen-bond acceptors (Lipinski definition) is 6. The molecule has 3 heterocycles. The van der Waals surface area contributed by atoms with Crippen molar-refractivity contribution in [1.29, 1.82) is 0 Å². The number of amides is 1. The molecule has 1 aliphatic heterocycles. The van der Waals surface area contributed by atoms with Crippen molar-refractivity contribution in [1.82, 2.24) is 9.29 Å². The Morgan fingerprint density at radius 2 is 1.72 bits per heavy atom. The van der Waals surface area contributed by atoms with Crippen molar-refractivity contribution in [2.75, 3.05) is 11.4 Å². The Morgan fingerprint density at radius 3 is 2.44 bits per heavy atom. The van der Waals surface area contributed by atoms with Crippen molar-refractivity contribution in [3.8, 4) is 0 Å². The largest absolute Gasteiger partial charge is 0.467 e. The third-order valence-electron chi connectivity index (χ3n) is 7.14. The number of rotatable bonds is 6. The number of carbonyl (C=O) groups is 1. The summed E-state index contributed by atoms with van der Waals surface area (Å²) in [4.78, 5) is 20.4. The summed E-state index contributed by atoms with van der Waals surface area (Å²) in [5.41, 5.74) is 5.59. The minimum atomic E-state index is -3.70.